The van der Waals surface area contributed by atoms with Crippen LogP contribution in [0.25, 0.3) is 0 Å². The summed E-state index contributed by atoms with van der Waals surface area (Å²) in [5.74, 6) is 0.802. The standard InChI is InChI=1S/C11H21N3/c1-2-8-14(9-5-12)10-11-3-6-13-7-4-11/h11,13H,2-4,6-10H2,1H3. The molecular formula is C11H21N3. The fraction of sp³-hybridized carbons (Fsp3) is 0.909. The van der Waals surface area contributed by atoms with Crippen LogP contribution in [0.4, 0.5) is 0 Å². The maximum Gasteiger partial charge on any atom is 0.0866 e. The molecule has 0 aromatic rings. The average Bonchev–Trinajstić information content (AvgIpc) is 2.20. The van der Waals surface area contributed by atoms with Gasteiger partial charge in [-0.25, -0.2) is 0 Å². The van der Waals surface area contributed by atoms with E-state index in [9.17, 15) is 0 Å². The normalized spacial score (nSPS) is 18.4. The highest BCUT2D eigenvalue weighted by Crippen LogP contribution is 2.13. The van der Waals surface area contributed by atoms with Crippen molar-refractivity contribution >= 4 is 0 Å². The summed E-state index contributed by atoms with van der Waals surface area (Å²) in [4.78, 5) is 2.29. The molecule has 0 bridgehead atoms. The molecule has 0 saturated carbocycles. The minimum absolute atomic E-state index is 0.595. The second-order valence-corrected chi connectivity index (χ2v) is 4.09. The van der Waals surface area contributed by atoms with E-state index >= 15 is 0 Å². The number of nitrogens with zero attached hydrogens (tertiary/aromatic N) is 2. The van der Waals surface area contributed by atoms with Crippen molar-refractivity contribution in [3.63, 3.8) is 0 Å². The Bertz CT molecular complexity index is 179. The summed E-state index contributed by atoms with van der Waals surface area (Å²) in [6.07, 6.45) is 3.68. The van der Waals surface area contributed by atoms with Crippen LogP contribution in [-0.4, -0.2) is 37.6 Å². The van der Waals surface area contributed by atoms with Crippen LogP contribution in [0.2, 0.25) is 0 Å². The Kier molecular flexibility index (Phi) is 5.58. The summed E-state index contributed by atoms with van der Waals surface area (Å²) in [5, 5.41) is 12.1. The maximum atomic E-state index is 8.69. The molecule has 0 aromatic carbocycles. The molecule has 0 atom stereocenters. The Balaban J connectivity index is 2.26. The van der Waals surface area contributed by atoms with Crippen molar-refractivity contribution in [2.75, 3.05) is 32.7 Å². The molecular weight excluding hydrogens is 174 g/mol. The molecule has 0 radical (unpaired) electrons. The Morgan fingerprint density at radius 3 is 2.71 bits per heavy atom. The first kappa shape index (κ1) is 11.5. The smallest absolute Gasteiger partial charge is 0.0866 e. The van der Waals surface area contributed by atoms with Crippen molar-refractivity contribution in [1.29, 1.82) is 5.26 Å². The van der Waals surface area contributed by atoms with Crippen molar-refractivity contribution < 1.29 is 0 Å². The Morgan fingerprint density at radius 1 is 1.43 bits per heavy atom. The van der Waals surface area contributed by atoms with Gasteiger partial charge < -0.3 is 5.32 Å². The zero-order chi connectivity index (χ0) is 10.2. The van der Waals surface area contributed by atoms with Crippen molar-refractivity contribution in [2.24, 2.45) is 5.92 Å². The molecule has 3 nitrogen and oxygen atoms in total. The molecule has 3 heteroatoms. The van der Waals surface area contributed by atoms with Gasteiger partial charge in [-0.05, 0) is 44.8 Å². The van der Waals surface area contributed by atoms with Gasteiger partial charge in [0.25, 0.3) is 0 Å². The Morgan fingerprint density at radius 2 is 2.14 bits per heavy atom. The second-order valence-electron chi connectivity index (χ2n) is 4.09. The minimum atomic E-state index is 0.595. The third-order valence-electron chi connectivity index (χ3n) is 2.81. The van der Waals surface area contributed by atoms with E-state index in [4.69, 9.17) is 5.26 Å². The van der Waals surface area contributed by atoms with Crippen LogP contribution < -0.4 is 5.32 Å². The Hall–Kier alpha value is -0.590. The number of rotatable bonds is 5. The molecule has 80 valence electrons. The number of piperidine rings is 1. The minimum Gasteiger partial charge on any atom is -0.317 e. The van der Waals surface area contributed by atoms with E-state index in [0.29, 0.717) is 6.54 Å². The largest absolute Gasteiger partial charge is 0.317 e. The van der Waals surface area contributed by atoms with Crippen LogP contribution in [0, 0.1) is 17.2 Å². The average molecular weight is 195 g/mol. The third kappa shape index (κ3) is 4.08. The predicted molar refractivity (Wildman–Crippen MR) is 57.9 cm³/mol. The van der Waals surface area contributed by atoms with Gasteiger partial charge in [-0.15, -0.1) is 0 Å². The van der Waals surface area contributed by atoms with Crippen LogP contribution >= 0.6 is 0 Å². The van der Waals surface area contributed by atoms with Crippen LogP contribution in [0.5, 0.6) is 0 Å². The highest BCUT2D eigenvalue weighted by Gasteiger charge is 2.16. The van der Waals surface area contributed by atoms with E-state index in [1.165, 1.54) is 12.8 Å². The van der Waals surface area contributed by atoms with E-state index in [2.05, 4.69) is 23.2 Å². The van der Waals surface area contributed by atoms with Crippen molar-refractivity contribution in [3.05, 3.63) is 0 Å². The van der Waals surface area contributed by atoms with Gasteiger partial charge in [-0.2, -0.15) is 5.26 Å². The molecule has 1 N–H and O–H groups in total. The number of hydrogen-bond donors (Lipinski definition) is 1. The predicted octanol–water partition coefficient (Wildman–Crippen LogP) is 1.22. The van der Waals surface area contributed by atoms with Gasteiger partial charge in [0.05, 0.1) is 12.6 Å². The second kappa shape index (κ2) is 6.80. The van der Waals surface area contributed by atoms with Gasteiger partial charge in [-0.1, -0.05) is 6.92 Å². The van der Waals surface area contributed by atoms with Crippen molar-refractivity contribution in [1.82, 2.24) is 10.2 Å². The van der Waals surface area contributed by atoms with E-state index in [-0.39, 0.29) is 0 Å². The monoisotopic (exact) mass is 195 g/mol. The lowest BCUT2D eigenvalue weighted by atomic mass is 9.97. The van der Waals surface area contributed by atoms with Crippen LogP contribution in [0.15, 0.2) is 0 Å². The van der Waals surface area contributed by atoms with Gasteiger partial charge in [0.15, 0.2) is 0 Å². The van der Waals surface area contributed by atoms with E-state index < -0.39 is 0 Å². The molecule has 0 aromatic heterocycles. The molecule has 1 aliphatic heterocycles. The first-order valence-corrected chi connectivity index (χ1v) is 5.66. The summed E-state index contributed by atoms with van der Waals surface area (Å²) < 4.78 is 0. The molecule has 1 aliphatic rings. The fourth-order valence-electron chi connectivity index (χ4n) is 2.08. The molecule has 0 amide bonds. The number of nitriles is 1. The Labute approximate surface area is 87.1 Å². The summed E-state index contributed by atoms with van der Waals surface area (Å²) in [5.41, 5.74) is 0. The van der Waals surface area contributed by atoms with E-state index in [0.717, 1.165) is 38.5 Å². The van der Waals surface area contributed by atoms with Gasteiger partial charge in [0.2, 0.25) is 0 Å². The van der Waals surface area contributed by atoms with Crippen LogP contribution in [0.1, 0.15) is 26.2 Å². The molecule has 14 heavy (non-hydrogen) atoms. The molecule has 0 unspecified atom stereocenters. The SMILES string of the molecule is CCCN(CC#N)CC1CCNCC1. The maximum absolute atomic E-state index is 8.69. The van der Waals surface area contributed by atoms with Gasteiger partial charge in [0.1, 0.15) is 0 Å². The molecule has 1 saturated heterocycles. The zero-order valence-corrected chi connectivity index (χ0v) is 9.13. The molecule has 0 aliphatic carbocycles. The number of nitrogens with one attached hydrogen (secondary N) is 1. The lowest BCUT2D eigenvalue weighted by Crippen LogP contribution is -2.36. The number of hydrogen-bond acceptors (Lipinski definition) is 3. The van der Waals surface area contributed by atoms with E-state index in [1.807, 2.05) is 0 Å². The highest BCUT2D eigenvalue weighted by molar-refractivity contribution is 4.79. The summed E-state index contributed by atoms with van der Waals surface area (Å²) >= 11 is 0. The molecule has 0 spiro atoms. The summed E-state index contributed by atoms with van der Waals surface area (Å²) in [6, 6.07) is 2.25. The van der Waals surface area contributed by atoms with Gasteiger partial charge in [-0.3, -0.25) is 4.90 Å². The van der Waals surface area contributed by atoms with Crippen molar-refractivity contribution in [3.8, 4) is 6.07 Å². The lowest BCUT2D eigenvalue weighted by molar-refractivity contribution is 0.224. The summed E-state index contributed by atoms with van der Waals surface area (Å²) in [7, 11) is 0. The van der Waals surface area contributed by atoms with Crippen LogP contribution in [0.3, 0.4) is 0 Å². The molecule has 1 heterocycles. The summed E-state index contributed by atoms with van der Waals surface area (Å²) in [6.45, 7) is 7.25. The zero-order valence-electron chi connectivity index (χ0n) is 9.13. The quantitative estimate of drug-likeness (QED) is 0.670. The first-order chi connectivity index (χ1) is 6.86. The first-order valence-electron chi connectivity index (χ1n) is 5.66. The topological polar surface area (TPSA) is 39.1 Å². The van der Waals surface area contributed by atoms with E-state index in [1.54, 1.807) is 0 Å². The van der Waals surface area contributed by atoms with Crippen molar-refractivity contribution in [2.45, 2.75) is 26.2 Å². The fourth-order valence-corrected chi connectivity index (χ4v) is 2.08. The van der Waals surface area contributed by atoms with Gasteiger partial charge in [0, 0.05) is 6.54 Å². The van der Waals surface area contributed by atoms with Gasteiger partial charge >= 0.3 is 0 Å². The molecule has 1 fully saturated rings. The lowest BCUT2D eigenvalue weighted by Gasteiger charge is -2.28. The third-order valence-corrected chi connectivity index (χ3v) is 2.81. The van der Waals surface area contributed by atoms with Crippen LogP contribution in [-0.2, 0) is 0 Å². The molecule has 1 rings (SSSR count). The highest BCUT2D eigenvalue weighted by atomic mass is 15.1.